The van der Waals surface area contributed by atoms with Gasteiger partial charge in [-0.05, 0) is 42.8 Å². The first-order valence-corrected chi connectivity index (χ1v) is 8.69. The molecule has 1 heterocycles. The molecule has 0 atom stereocenters. The minimum atomic E-state index is -0.342. The number of aromatic nitrogens is 1. The Kier molecular flexibility index (Phi) is 6.76. The van der Waals surface area contributed by atoms with Crippen LogP contribution in [0.15, 0.2) is 41.4 Å². The quantitative estimate of drug-likeness (QED) is 0.767. The lowest BCUT2D eigenvalue weighted by Crippen LogP contribution is -2.12. The van der Waals surface area contributed by atoms with Crippen LogP contribution in [-0.4, -0.2) is 16.6 Å². The van der Waals surface area contributed by atoms with Crippen molar-refractivity contribution in [1.82, 2.24) is 4.98 Å². The average Bonchev–Trinajstić information content (AvgIpc) is 2.57. The zero-order valence-electron chi connectivity index (χ0n) is 13.4. The molecule has 0 fully saturated rings. The van der Waals surface area contributed by atoms with Crippen molar-refractivity contribution in [2.75, 3.05) is 11.1 Å². The van der Waals surface area contributed by atoms with Gasteiger partial charge in [0.05, 0.1) is 5.56 Å². The number of carbonyl (C=O) groups excluding carboxylic acids is 1. The second-order valence-electron chi connectivity index (χ2n) is 5.17. The number of nitrogens with zero attached hydrogens (tertiary/aromatic N) is 2. The highest BCUT2D eigenvalue weighted by molar-refractivity contribution is 7.99. The molecule has 0 unspecified atom stereocenters. The highest BCUT2D eigenvalue weighted by Crippen LogP contribution is 2.22. The Morgan fingerprint density at radius 1 is 1.29 bits per heavy atom. The Balaban J connectivity index is 1.89. The molecule has 0 aliphatic carbocycles. The molecular formula is C18H18FN3OS. The van der Waals surface area contributed by atoms with E-state index in [0.29, 0.717) is 22.0 Å². The van der Waals surface area contributed by atoms with Crippen LogP contribution in [0.4, 0.5) is 10.1 Å². The molecule has 0 bridgehead atoms. The first-order chi connectivity index (χ1) is 11.6. The van der Waals surface area contributed by atoms with Crippen molar-refractivity contribution in [1.29, 1.82) is 5.26 Å². The van der Waals surface area contributed by atoms with Gasteiger partial charge in [0, 0.05) is 23.6 Å². The molecule has 6 heteroatoms. The standard InChI is InChI=1S/C18H18FN3OS/c1-2-3-15-7-4-13(12-20)18(22-15)24-11-10-17(23)21-16-8-5-14(19)6-9-16/h4-9H,2-3,10-11H2,1H3,(H,21,23). The van der Waals surface area contributed by atoms with E-state index in [0.717, 1.165) is 18.5 Å². The molecule has 0 saturated heterocycles. The van der Waals surface area contributed by atoms with Gasteiger partial charge in [-0.15, -0.1) is 11.8 Å². The molecule has 1 aromatic heterocycles. The third-order valence-electron chi connectivity index (χ3n) is 3.24. The number of halogens is 1. The summed E-state index contributed by atoms with van der Waals surface area (Å²) in [5.74, 6) is 0.0209. The maximum Gasteiger partial charge on any atom is 0.225 e. The number of nitriles is 1. The van der Waals surface area contributed by atoms with Gasteiger partial charge in [0.1, 0.15) is 16.9 Å². The second-order valence-corrected chi connectivity index (χ2v) is 6.25. The molecule has 2 aromatic rings. The van der Waals surface area contributed by atoms with Crippen molar-refractivity contribution >= 4 is 23.4 Å². The first kappa shape index (κ1) is 18.0. The molecule has 2 rings (SSSR count). The molecule has 0 radical (unpaired) electrons. The summed E-state index contributed by atoms with van der Waals surface area (Å²) >= 11 is 1.40. The molecule has 0 saturated carbocycles. The summed E-state index contributed by atoms with van der Waals surface area (Å²) in [6.07, 6.45) is 2.14. The summed E-state index contributed by atoms with van der Waals surface area (Å²) < 4.78 is 12.8. The summed E-state index contributed by atoms with van der Waals surface area (Å²) in [5.41, 5.74) is 2.04. The van der Waals surface area contributed by atoms with Gasteiger partial charge in [-0.3, -0.25) is 4.79 Å². The van der Waals surface area contributed by atoms with E-state index in [1.807, 2.05) is 6.07 Å². The van der Waals surface area contributed by atoms with Gasteiger partial charge in [0.2, 0.25) is 5.91 Å². The lowest BCUT2D eigenvalue weighted by atomic mass is 10.2. The van der Waals surface area contributed by atoms with E-state index in [2.05, 4.69) is 23.3 Å². The predicted octanol–water partition coefficient (Wildman–Crippen LogP) is 4.17. The Hall–Kier alpha value is -2.39. The van der Waals surface area contributed by atoms with Crippen molar-refractivity contribution in [2.45, 2.75) is 31.2 Å². The number of nitrogens with one attached hydrogen (secondary N) is 1. The van der Waals surface area contributed by atoms with Gasteiger partial charge >= 0.3 is 0 Å². The highest BCUT2D eigenvalue weighted by atomic mass is 32.2. The molecule has 1 N–H and O–H groups in total. The van der Waals surface area contributed by atoms with Gasteiger partial charge in [-0.1, -0.05) is 13.3 Å². The number of benzene rings is 1. The third kappa shape index (κ3) is 5.36. The summed E-state index contributed by atoms with van der Waals surface area (Å²) in [4.78, 5) is 16.4. The third-order valence-corrected chi connectivity index (χ3v) is 4.23. The van der Waals surface area contributed by atoms with E-state index in [9.17, 15) is 9.18 Å². The lowest BCUT2D eigenvalue weighted by molar-refractivity contribution is -0.115. The van der Waals surface area contributed by atoms with Crippen molar-refractivity contribution in [2.24, 2.45) is 0 Å². The average molecular weight is 343 g/mol. The van der Waals surface area contributed by atoms with Crippen LogP contribution in [-0.2, 0) is 11.2 Å². The lowest BCUT2D eigenvalue weighted by Gasteiger charge is -2.07. The molecular weight excluding hydrogens is 325 g/mol. The molecule has 0 spiro atoms. The number of thioether (sulfide) groups is 1. The van der Waals surface area contributed by atoms with Gasteiger partial charge < -0.3 is 5.32 Å². The van der Waals surface area contributed by atoms with Gasteiger partial charge in [-0.2, -0.15) is 5.26 Å². The minimum absolute atomic E-state index is 0.155. The van der Waals surface area contributed by atoms with Crippen LogP contribution < -0.4 is 5.32 Å². The molecule has 124 valence electrons. The number of pyridine rings is 1. The van der Waals surface area contributed by atoms with E-state index in [1.165, 1.54) is 36.0 Å². The molecule has 0 aliphatic heterocycles. The number of amides is 1. The normalized spacial score (nSPS) is 10.2. The summed E-state index contributed by atoms with van der Waals surface area (Å²) in [6, 6.07) is 11.4. The maximum absolute atomic E-state index is 12.8. The van der Waals surface area contributed by atoms with Gasteiger partial charge in [0.25, 0.3) is 0 Å². The fourth-order valence-electron chi connectivity index (χ4n) is 2.07. The zero-order chi connectivity index (χ0) is 17.4. The van der Waals surface area contributed by atoms with Gasteiger partial charge in [0.15, 0.2) is 0 Å². The Morgan fingerprint density at radius 3 is 2.71 bits per heavy atom. The van der Waals surface area contributed by atoms with E-state index in [1.54, 1.807) is 6.07 Å². The van der Waals surface area contributed by atoms with Crippen molar-refractivity contribution in [3.05, 3.63) is 53.5 Å². The second kappa shape index (κ2) is 9.04. The number of carbonyl (C=O) groups is 1. The molecule has 0 aliphatic rings. The highest BCUT2D eigenvalue weighted by Gasteiger charge is 2.08. The number of hydrogen-bond acceptors (Lipinski definition) is 4. The van der Waals surface area contributed by atoms with E-state index >= 15 is 0 Å². The SMILES string of the molecule is CCCc1ccc(C#N)c(SCCC(=O)Nc2ccc(F)cc2)n1. The molecule has 24 heavy (non-hydrogen) atoms. The summed E-state index contributed by atoms with van der Waals surface area (Å²) in [6.45, 7) is 2.08. The summed E-state index contributed by atoms with van der Waals surface area (Å²) in [7, 11) is 0. The summed E-state index contributed by atoms with van der Waals surface area (Å²) in [5, 5.41) is 12.5. The van der Waals surface area contributed by atoms with E-state index in [4.69, 9.17) is 5.26 Å². The number of aryl methyl sites for hydroxylation is 1. The smallest absolute Gasteiger partial charge is 0.225 e. The maximum atomic E-state index is 12.8. The van der Waals surface area contributed by atoms with Gasteiger partial charge in [-0.25, -0.2) is 9.37 Å². The Labute approximate surface area is 145 Å². The van der Waals surface area contributed by atoms with Crippen molar-refractivity contribution < 1.29 is 9.18 Å². The largest absolute Gasteiger partial charge is 0.326 e. The minimum Gasteiger partial charge on any atom is -0.326 e. The Morgan fingerprint density at radius 2 is 2.04 bits per heavy atom. The van der Waals surface area contributed by atoms with Crippen LogP contribution in [0, 0.1) is 17.1 Å². The molecule has 1 aromatic carbocycles. The monoisotopic (exact) mass is 343 g/mol. The fraction of sp³-hybridized carbons (Fsp3) is 0.278. The number of rotatable bonds is 7. The van der Waals surface area contributed by atoms with Crippen molar-refractivity contribution in [3.63, 3.8) is 0 Å². The predicted molar refractivity (Wildman–Crippen MR) is 93.3 cm³/mol. The van der Waals surface area contributed by atoms with Crippen LogP contribution in [0.1, 0.15) is 31.0 Å². The van der Waals surface area contributed by atoms with Crippen LogP contribution in [0.2, 0.25) is 0 Å². The van der Waals surface area contributed by atoms with Crippen molar-refractivity contribution in [3.8, 4) is 6.07 Å². The van der Waals surface area contributed by atoms with E-state index in [-0.39, 0.29) is 18.1 Å². The number of anilines is 1. The first-order valence-electron chi connectivity index (χ1n) is 7.70. The van der Waals surface area contributed by atoms with Crippen LogP contribution in [0.3, 0.4) is 0 Å². The Bertz CT molecular complexity index is 741. The topological polar surface area (TPSA) is 65.8 Å². The number of hydrogen-bond donors (Lipinski definition) is 1. The zero-order valence-corrected chi connectivity index (χ0v) is 14.2. The van der Waals surface area contributed by atoms with Crippen LogP contribution in [0.5, 0.6) is 0 Å². The fourth-order valence-corrected chi connectivity index (χ4v) is 3.00. The van der Waals surface area contributed by atoms with Crippen LogP contribution >= 0.6 is 11.8 Å². The van der Waals surface area contributed by atoms with Crippen LogP contribution in [0.25, 0.3) is 0 Å². The van der Waals surface area contributed by atoms with E-state index < -0.39 is 0 Å². The molecule has 1 amide bonds. The molecule has 4 nitrogen and oxygen atoms in total.